The number of benzodiazepines with no additional fused rings is 1. The normalized spacial score (nSPS) is 14.5. The topological polar surface area (TPSA) is 32.7 Å². The highest BCUT2D eigenvalue weighted by molar-refractivity contribution is 6.32. The van der Waals surface area contributed by atoms with E-state index in [1.54, 1.807) is 42.3 Å². The first-order chi connectivity index (χ1) is 10.1. The molecule has 2 aromatic rings. The Kier molecular flexibility index (Phi) is 3.47. The Labute approximate surface area is 126 Å². The molecular weight excluding hydrogens is 291 g/mol. The maximum absolute atomic E-state index is 13.1. The van der Waals surface area contributed by atoms with Crippen LogP contribution >= 0.6 is 11.6 Å². The van der Waals surface area contributed by atoms with Crippen LogP contribution in [0.4, 0.5) is 10.1 Å². The monoisotopic (exact) mass is 302 g/mol. The largest absolute Gasteiger partial charge is 0.313 e. The molecule has 0 aromatic heterocycles. The molecule has 0 saturated heterocycles. The van der Waals surface area contributed by atoms with Crippen molar-refractivity contribution in [2.45, 2.75) is 0 Å². The van der Waals surface area contributed by atoms with E-state index in [9.17, 15) is 9.18 Å². The smallest absolute Gasteiger partial charge is 0.248 e. The molecule has 5 heteroatoms. The number of halogens is 2. The van der Waals surface area contributed by atoms with Crippen LogP contribution in [0.5, 0.6) is 0 Å². The van der Waals surface area contributed by atoms with Crippen LogP contribution in [0.25, 0.3) is 0 Å². The Bertz CT molecular complexity index is 740. The van der Waals surface area contributed by atoms with Gasteiger partial charge in [0, 0.05) is 23.2 Å². The maximum atomic E-state index is 13.1. The van der Waals surface area contributed by atoms with E-state index >= 15 is 0 Å². The first-order valence-corrected chi connectivity index (χ1v) is 6.81. The zero-order valence-electron chi connectivity index (χ0n) is 11.3. The molecule has 1 heterocycles. The van der Waals surface area contributed by atoms with Crippen LogP contribution in [0.2, 0.25) is 5.02 Å². The molecule has 0 spiro atoms. The van der Waals surface area contributed by atoms with Gasteiger partial charge in [-0.25, -0.2) is 4.39 Å². The molecular formula is C16H12ClFN2O. The van der Waals surface area contributed by atoms with Crippen molar-refractivity contribution in [3.8, 4) is 0 Å². The lowest BCUT2D eigenvalue weighted by Crippen LogP contribution is -2.27. The number of carbonyl (C=O) groups excluding carboxylic acids is 1. The standard InChI is InChI=1S/C16H12ClFN2O/c1-20-14-7-4-11(17)8-13(14)16(19-9-15(20)21)10-2-5-12(18)6-3-10/h2-8H,9H2,1H3. The van der Waals surface area contributed by atoms with Gasteiger partial charge in [0.2, 0.25) is 5.91 Å². The Hall–Kier alpha value is -2.20. The fraction of sp³-hybridized carbons (Fsp3) is 0.125. The number of rotatable bonds is 1. The molecule has 3 rings (SSSR count). The van der Waals surface area contributed by atoms with Gasteiger partial charge in [0.05, 0.1) is 11.4 Å². The third-order valence-electron chi connectivity index (χ3n) is 3.44. The molecule has 2 aromatic carbocycles. The number of hydrogen-bond acceptors (Lipinski definition) is 2. The predicted octanol–water partition coefficient (Wildman–Crippen LogP) is 3.29. The Morgan fingerprint density at radius 3 is 2.62 bits per heavy atom. The van der Waals surface area contributed by atoms with Crippen LogP contribution < -0.4 is 4.90 Å². The van der Waals surface area contributed by atoms with Crippen LogP contribution in [-0.2, 0) is 4.79 Å². The first kappa shape index (κ1) is 13.8. The third kappa shape index (κ3) is 2.54. The molecule has 0 atom stereocenters. The second-order valence-corrected chi connectivity index (χ2v) is 5.22. The van der Waals surface area contributed by atoms with Gasteiger partial charge in [-0.1, -0.05) is 11.6 Å². The Balaban J connectivity index is 2.20. The highest BCUT2D eigenvalue weighted by atomic mass is 35.5. The number of benzene rings is 2. The lowest BCUT2D eigenvalue weighted by Gasteiger charge is -2.18. The fourth-order valence-corrected chi connectivity index (χ4v) is 2.49. The molecule has 0 radical (unpaired) electrons. The maximum Gasteiger partial charge on any atom is 0.248 e. The summed E-state index contributed by atoms with van der Waals surface area (Å²) in [6, 6.07) is 11.3. The van der Waals surface area contributed by atoms with Crippen molar-refractivity contribution in [3.05, 3.63) is 64.4 Å². The number of likely N-dealkylation sites (N-methyl/N-ethyl adjacent to an activating group) is 1. The summed E-state index contributed by atoms with van der Waals surface area (Å²) in [5.41, 5.74) is 2.90. The fourth-order valence-electron chi connectivity index (χ4n) is 2.32. The Morgan fingerprint density at radius 2 is 1.90 bits per heavy atom. The lowest BCUT2D eigenvalue weighted by atomic mass is 10.0. The summed E-state index contributed by atoms with van der Waals surface area (Å²) in [6.45, 7) is 0.0511. The van der Waals surface area contributed by atoms with E-state index in [-0.39, 0.29) is 18.3 Å². The Morgan fingerprint density at radius 1 is 1.19 bits per heavy atom. The first-order valence-electron chi connectivity index (χ1n) is 6.43. The van der Waals surface area contributed by atoms with Crippen molar-refractivity contribution in [3.63, 3.8) is 0 Å². The molecule has 106 valence electrons. The van der Waals surface area contributed by atoms with Gasteiger partial charge >= 0.3 is 0 Å². The van der Waals surface area contributed by atoms with E-state index in [4.69, 9.17) is 11.6 Å². The summed E-state index contributed by atoms with van der Waals surface area (Å²) in [5, 5.41) is 0.561. The summed E-state index contributed by atoms with van der Waals surface area (Å²) in [4.78, 5) is 18.0. The van der Waals surface area contributed by atoms with E-state index < -0.39 is 0 Å². The average Bonchev–Trinajstić information content (AvgIpc) is 2.59. The van der Waals surface area contributed by atoms with Crippen LogP contribution in [0.1, 0.15) is 11.1 Å². The van der Waals surface area contributed by atoms with E-state index in [1.165, 1.54) is 12.1 Å². The van der Waals surface area contributed by atoms with Crippen molar-refractivity contribution in [2.75, 3.05) is 18.5 Å². The summed E-state index contributed by atoms with van der Waals surface area (Å²) in [5.74, 6) is -0.414. The van der Waals surface area contributed by atoms with Crippen LogP contribution in [0.15, 0.2) is 47.5 Å². The summed E-state index contributed by atoms with van der Waals surface area (Å²) in [7, 11) is 1.71. The van der Waals surface area contributed by atoms with Gasteiger partial charge in [0.1, 0.15) is 12.4 Å². The number of aliphatic imine (C=N–C) groups is 1. The highest BCUT2D eigenvalue weighted by Gasteiger charge is 2.22. The zero-order valence-corrected chi connectivity index (χ0v) is 12.1. The van der Waals surface area contributed by atoms with Crippen molar-refractivity contribution in [1.82, 2.24) is 0 Å². The molecule has 1 aliphatic heterocycles. The molecule has 0 N–H and O–H groups in total. The van der Waals surface area contributed by atoms with Gasteiger partial charge in [0.25, 0.3) is 0 Å². The van der Waals surface area contributed by atoms with Crippen molar-refractivity contribution in [2.24, 2.45) is 4.99 Å². The zero-order chi connectivity index (χ0) is 15.0. The van der Waals surface area contributed by atoms with Gasteiger partial charge in [-0.15, -0.1) is 0 Å². The molecule has 1 amide bonds. The molecule has 21 heavy (non-hydrogen) atoms. The predicted molar refractivity (Wildman–Crippen MR) is 81.8 cm³/mol. The molecule has 0 fully saturated rings. The van der Waals surface area contributed by atoms with E-state index in [1.807, 2.05) is 0 Å². The minimum Gasteiger partial charge on any atom is -0.313 e. The SMILES string of the molecule is CN1C(=O)CN=C(c2ccc(F)cc2)c2cc(Cl)ccc21. The molecule has 1 aliphatic rings. The average molecular weight is 303 g/mol. The van der Waals surface area contributed by atoms with Crippen molar-refractivity contribution >= 4 is 28.9 Å². The van der Waals surface area contributed by atoms with E-state index in [2.05, 4.69) is 4.99 Å². The van der Waals surface area contributed by atoms with Gasteiger partial charge in [-0.2, -0.15) is 0 Å². The minimum atomic E-state index is -0.313. The molecule has 0 aliphatic carbocycles. The van der Waals surface area contributed by atoms with Gasteiger partial charge < -0.3 is 4.90 Å². The quantitative estimate of drug-likeness (QED) is 0.795. The molecule has 0 saturated carbocycles. The second kappa shape index (κ2) is 5.30. The van der Waals surface area contributed by atoms with Gasteiger partial charge in [-0.05, 0) is 42.5 Å². The van der Waals surface area contributed by atoms with E-state index in [0.717, 1.165) is 16.8 Å². The number of carbonyl (C=O) groups is 1. The van der Waals surface area contributed by atoms with E-state index in [0.29, 0.717) is 10.7 Å². The third-order valence-corrected chi connectivity index (χ3v) is 3.67. The highest BCUT2D eigenvalue weighted by Crippen LogP contribution is 2.28. The summed E-state index contributed by atoms with van der Waals surface area (Å²) in [6.07, 6.45) is 0. The molecule has 0 bridgehead atoms. The van der Waals surface area contributed by atoms with Crippen LogP contribution in [-0.4, -0.2) is 25.2 Å². The number of nitrogens with zero attached hydrogens (tertiary/aromatic N) is 2. The van der Waals surface area contributed by atoms with Gasteiger partial charge in [0.15, 0.2) is 0 Å². The molecule has 3 nitrogen and oxygen atoms in total. The minimum absolute atomic E-state index is 0.0511. The number of hydrogen-bond donors (Lipinski definition) is 0. The number of amides is 1. The van der Waals surface area contributed by atoms with Crippen LogP contribution in [0.3, 0.4) is 0 Å². The van der Waals surface area contributed by atoms with Crippen molar-refractivity contribution < 1.29 is 9.18 Å². The lowest BCUT2D eigenvalue weighted by molar-refractivity contribution is -0.116. The number of anilines is 1. The van der Waals surface area contributed by atoms with Crippen molar-refractivity contribution in [1.29, 1.82) is 0 Å². The summed E-state index contributed by atoms with van der Waals surface area (Å²) < 4.78 is 13.1. The van der Waals surface area contributed by atoms with Crippen LogP contribution in [0, 0.1) is 5.82 Å². The van der Waals surface area contributed by atoms with Gasteiger partial charge in [-0.3, -0.25) is 9.79 Å². The second-order valence-electron chi connectivity index (χ2n) is 4.79. The number of fused-ring (bicyclic) bond motifs is 1. The summed E-state index contributed by atoms with van der Waals surface area (Å²) >= 11 is 6.07. The molecule has 0 unspecified atom stereocenters.